The van der Waals surface area contributed by atoms with Crippen LogP contribution in [-0.4, -0.2) is 17.5 Å². The molecule has 1 aromatic heterocycles. The van der Waals surface area contributed by atoms with E-state index < -0.39 is 0 Å². The summed E-state index contributed by atoms with van der Waals surface area (Å²) >= 11 is 9.81. The molecule has 0 radical (unpaired) electrons. The minimum absolute atomic E-state index is 0.304. The van der Waals surface area contributed by atoms with Gasteiger partial charge in [0.05, 0.1) is 11.1 Å². The van der Waals surface area contributed by atoms with Gasteiger partial charge >= 0.3 is 0 Å². The summed E-state index contributed by atoms with van der Waals surface area (Å²) in [5.41, 5.74) is 0. The Morgan fingerprint density at radius 3 is 2.60 bits per heavy atom. The Kier molecular flexibility index (Phi) is 4.97. The second kappa shape index (κ2) is 5.58. The first-order chi connectivity index (χ1) is 6.94. The summed E-state index contributed by atoms with van der Waals surface area (Å²) in [4.78, 5) is 1.25. The largest absolute Gasteiger partial charge is 0.312 e. The maximum atomic E-state index is 6.12. The maximum Gasteiger partial charge on any atom is 0.0561 e. The van der Waals surface area contributed by atoms with Gasteiger partial charge in [-0.15, -0.1) is 11.3 Å². The van der Waals surface area contributed by atoms with Crippen molar-refractivity contribution in [2.75, 3.05) is 12.8 Å². The molecule has 86 valence electrons. The van der Waals surface area contributed by atoms with Crippen LogP contribution in [0.3, 0.4) is 0 Å². The van der Waals surface area contributed by atoms with E-state index in [9.17, 15) is 0 Å². The van der Waals surface area contributed by atoms with Crippen molar-refractivity contribution >= 4 is 34.7 Å². The van der Waals surface area contributed by atoms with E-state index in [4.69, 9.17) is 11.6 Å². The van der Waals surface area contributed by atoms with Crippen molar-refractivity contribution in [1.82, 2.24) is 5.32 Å². The molecule has 0 amide bonds. The van der Waals surface area contributed by atoms with Crippen LogP contribution < -0.4 is 5.32 Å². The van der Waals surface area contributed by atoms with Crippen LogP contribution in [0.5, 0.6) is 0 Å². The molecule has 0 aliphatic heterocycles. The van der Waals surface area contributed by atoms with Crippen LogP contribution in [0.2, 0.25) is 5.02 Å². The molecule has 0 saturated carbocycles. The van der Waals surface area contributed by atoms with Gasteiger partial charge in [-0.3, -0.25) is 0 Å². The highest BCUT2D eigenvalue weighted by molar-refractivity contribution is 8.00. The molecule has 0 fully saturated rings. The van der Waals surface area contributed by atoms with E-state index in [-0.39, 0.29) is 0 Å². The topological polar surface area (TPSA) is 12.0 Å². The predicted octanol–water partition coefficient (Wildman–Crippen LogP) is 4.19. The number of hydrogen-bond acceptors (Lipinski definition) is 3. The lowest BCUT2D eigenvalue weighted by atomic mass is 10.2. The highest BCUT2D eigenvalue weighted by Gasteiger charge is 2.18. The fourth-order valence-corrected chi connectivity index (χ4v) is 3.58. The first-order valence-corrected chi connectivity index (χ1v) is 7.22. The maximum absolute atomic E-state index is 6.12. The molecule has 1 heterocycles. The molecule has 1 aromatic rings. The van der Waals surface area contributed by atoms with E-state index >= 15 is 0 Å². The monoisotopic (exact) mass is 263 g/mol. The van der Waals surface area contributed by atoms with Gasteiger partial charge in [-0.2, -0.15) is 11.8 Å². The van der Waals surface area contributed by atoms with Crippen molar-refractivity contribution in [2.45, 2.75) is 31.6 Å². The van der Waals surface area contributed by atoms with Crippen LogP contribution in [0.15, 0.2) is 11.4 Å². The molecular formula is C11H18ClNS2. The van der Waals surface area contributed by atoms with Crippen LogP contribution in [0.25, 0.3) is 0 Å². The quantitative estimate of drug-likeness (QED) is 0.874. The number of halogens is 1. The molecular weight excluding hydrogens is 246 g/mol. The van der Waals surface area contributed by atoms with Crippen LogP contribution in [-0.2, 0) is 0 Å². The lowest BCUT2D eigenvalue weighted by Crippen LogP contribution is -2.21. The zero-order chi connectivity index (χ0) is 11.5. The summed E-state index contributed by atoms with van der Waals surface area (Å²) in [5.74, 6) is 1.06. The van der Waals surface area contributed by atoms with Gasteiger partial charge in [0.25, 0.3) is 0 Å². The summed E-state index contributed by atoms with van der Waals surface area (Å²) in [6.07, 6.45) is 0. The average Bonchev–Trinajstić information content (AvgIpc) is 2.52. The smallest absolute Gasteiger partial charge is 0.0561 e. The molecule has 0 aromatic carbocycles. The van der Waals surface area contributed by atoms with Gasteiger partial charge in [0.1, 0.15) is 0 Å². The molecule has 0 bridgehead atoms. The van der Waals surface area contributed by atoms with E-state index in [1.165, 1.54) is 4.88 Å². The lowest BCUT2D eigenvalue weighted by Gasteiger charge is -2.22. The number of hydrogen-bond donors (Lipinski definition) is 1. The molecule has 0 aliphatic rings. The third-order valence-electron chi connectivity index (χ3n) is 1.99. The molecule has 4 heteroatoms. The first kappa shape index (κ1) is 13.4. The summed E-state index contributed by atoms with van der Waals surface area (Å²) in [5, 5.41) is 6.25. The van der Waals surface area contributed by atoms with Crippen molar-refractivity contribution in [2.24, 2.45) is 0 Å². The zero-order valence-corrected chi connectivity index (χ0v) is 12.0. The van der Waals surface area contributed by atoms with Crippen molar-refractivity contribution in [3.8, 4) is 0 Å². The van der Waals surface area contributed by atoms with Gasteiger partial charge in [-0.1, -0.05) is 32.4 Å². The SMILES string of the molecule is CNC(CSC(C)(C)C)c1sccc1Cl. The number of nitrogens with one attached hydrogen (secondary N) is 1. The minimum Gasteiger partial charge on any atom is -0.312 e. The summed E-state index contributed by atoms with van der Waals surface area (Å²) in [6.45, 7) is 6.71. The molecule has 1 unspecified atom stereocenters. The van der Waals surface area contributed by atoms with Crippen LogP contribution in [0.1, 0.15) is 31.7 Å². The van der Waals surface area contributed by atoms with Crippen molar-refractivity contribution in [3.05, 3.63) is 21.3 Å². The van der Waals surface area contributed by atoms with E-state index in [1.807, 2.05) is 30.3 Å². The van der Waals surface area contributed by atoms with Gasteiger partial charge in [-0.25, -0.2) is 0 Å². The van der Waals surface area contributed by atoms with Crippen molar-refractivity contribution in [1.29, 1.82) is 0 Å². The van der Waals surface area contributed by atoms with E-state index in [1.54, 1.807) is 11.3 Å². The summed E-state index contributed by atoms with van der Waals surface area (Å²) in [6, 6.07) is 2.33. The van der Waals surface area contributed by atoms with Crippen molar-refractivity contribution in [3.63, 3.8) is 0 Å². The molecule has 1 N–H and O–H groups in total. The third kappa shape index (κ3) is 4.35. The Morgan fingerprint density at radius 2 is 2.20 bits per heavy atom. The molecule has 0 aliphatic carbocycles. The summed E-state index contributed by atoms with van der Waals surface area (Å²) < 4.78 is 0.304. The second-order valence-corrected chi connectivity index (χ2v) is 7.60. The Balaban J connectivity index is 2.61. The zero-order valence-electron chi connectivity index (χ0n) is 9.63. The van der Waals surface area contributed by atoms with Crippen LogP contribution in [0, 0.1) is 0 Å². The molecule has 0 spiro atoms. The van der Waals surface area contributed by atoms with E-state index in [2.05, 4.69) is 26.1 Å². The number of thiophene rings is 1. The number of thioether (sulfide) groups is 1. The van der Waals surface area contributed by atoms with Gasteiger partial charge in [0.15, 0.2) is 0 Å². The Morgan fingerprint density at radius 1 is 1.53 bits per heavy atom. The van der Waals surface area contributed by atoms with Crippen LogP contribution >= 0.6 is 34.7 Å². The normalized spacial score (nSPS) is 14.2. The molecule has 1 nitrogen and oxygen atoms in total. The highest BCUT2D eigenvalue weighted by atomic mass is 35.5. The van der Waals surface area contributed by atoms with Gasteiger partial charge in [0.2, 0.25) is 0 Å². The molecule has 1 atom stereocenters. The first-order valence-electron chi connectivity index (χ1n) is 4.98. The Labute approximate surface area is 106 Å². The lowest BCUT2D eigenvalue weighted by molar-refractivity contribution is 0.668. The average molecular weight is 264 g/mol. The van der Waals surface area contributed by atoms with E-state index in [0.29, 0.717) is 10.8 Å². The van der Waals surface area contributed by atoms with Gasteiger partial charge < -0.3 is 5.32 Å². The molecule has 1 rings (SSSR count). The minimum atomic E-state index is 0.304. The van der Waals surface area contributed by atoms with Gasteiger partial charge in [0, 0.05) is 15.4 Å². The standard InChI is InChI=1S/C11H18ClNS2/c1-11(2,3)15-7-9(13-4)10-8(12)5-6-14-10/h5-6,9,13H,7H2,1-4H3. The van der Waals surface area contributed by atoms with Crippen LogP contribution in [0.4, 0.5) is 0 Å². The third-order valence-corrected chi connectivity index (χ3v) is 4.83. The Bertz CT molecular complexity index is 304. The van der Waals surface area contributed by atoms with E-state index in [0.717, 1.165) is 10.8 Å². The second-order valence-electron chi connectivity index (χ2n) is 4.40. The summed E-state index contributed by atoms with van der Waals surface area (Å²) in [7, 11) is 1.99. The molecule has 0 saturated heterocycles. The highest BCUT2D eigenvalue weighted by Crippen LogP contribution is 2.33. The predicted molar refractivity (Wildman–Crippen MR) is 73.3 cm³/mol. The fraction of sp³-hybridized carbons (Fsp3) is 0.636. The van der Waals surface area contributed by atoms with Gasteiger partial charge in [-0.05, 0) is 18.5 Å². The fourth-order valence-electron chi connectivity index (χ4n) is 1.18. The Hall–Kier alpha value is 0.300. The molecule has 15 heavy (non-hydrogen) atoms. The number of rotatable bonds is 4. The van der Waals surface area contributed by atoms with Crippen molar-refractivity contribution < 1.29 is 0 Å².